The Morgan fingerprint density at radius 2 is 2.24 bits per heavy atom. The number of nitrogens with one attached hydrogen (secondary N) is 1. The molecule has 11 heteroatoms. The van der Waals surface area contributed by atoms with Gasteiger partial charge in [0, 0.05) is 18.7 Å². The van der Waals surface area contributed by atoms with Gasteiger partial charge in [0.15, 0.2) is 11.0 Å². The van der Waals surface area contributed by atoms with Crippen LogP contribution in [0.3, 0.4) is 0 Å². The van der Waals surface area contributed by atoms with Gasteiger partial charge in [-0.25, -0.2) is 0 Å². The molecule has 150 valence electrons. The first-order valence-corrected chi connectivity index (χ1v) is 9.72. The summed E-state index contributed by atoms with van der Waals surface area (Å²) in [4.78, 5) is 22.7. The molecule has 0 bridgehead atoms. The molecule has 0 saturated carbocycles. The number of allylic oxidation sites excluding steroid dienone is 1. The first-order valence-electron chi connectivity index (χ1n) is 8.36. The van der Waals surface area contributed by atoms with Gasteiger partial charge in [-0.05, 0) is 19.1 Å². The molecule has 2 heterocycles. The second-order valence-corrected chi connectivity index (χ2v) is 7.20. The number of anilines is 1. The van der Waals surface area contributed by atoms with Gasteiger partial charge in [-0.2, -0.15) is 0 Å². The topological polar surface area (TPSA) is 116 Å². The Kier molecular flexibility index (Phi) is 6.35. The molecule has 0 radical (unpaired) electrons. The molecule has 1 N–H and O–H groups in total. The Morgan fingerprint density at radius 3 is 2.90 bits per heavy atom. The van der Waals surface area contributed by atoms with E-state index in [1.165, 1.54) is 30.0 Å². The van der Waals surface area contributed by atoms with Crippen LogP contribution in [-0.4, -0.2) is 31.3 Å². The number of halogens is 1. The van der Waals surface area contributed by atoms with E-state index < -0.39 is 4.92 Å². The zero-order valence-corrected chi connectivity index (χ0v) is 16.9. The third kappa shape index (κ3) is 4.66. The summed E-state index contributed by atoms with van der Waals surface area (Å²) in [7, 11) is 0. The van der Waals surface area contributed by atoms with Crippen LogP contribution in [0.4, 0.5) is 11.4 Å². The molecule has 0 aliphatic heterocycles. The number of nitro benzene ring substituents is 1. The molecule has 3 rings (SSSR count). The average Bonchev–Trinajstić information content (AvgIpc) is 3.27. The van der Waals surface area contributed by atoms with Gasteiger partial charge in [0.05, 0.1) is 33.2 Å². The van der Waals surface area contributed by atoms with E-state index in [4.69, 9.17) is 16.0 Å². The van der Waals surface area contributed by atoms with E-state index in [0.717, 1.165) is 5.56 Å². The number of carbonyl (C=O) groups is 1. The molecule has 9 nitrogen and oxygen atoms in total. The standard InChI is InChI=1S/C18H16ClN5O4S/c1-3-7-23-17(13-6-8-28-11(13)2)21-22-18(23)29-10-16(25)20-15-9-12(24(26)27)4-5-14(15)19/h3-6,8-9H,1,7,10H2,2H3,(H,20,25). The lowest BCUT2D eigenvalue weighted by Crippen LogP contribution is -2.15. The Hall–Kier alpha value is -3.11. The van der Waals surface area contributed by atoms with Crippen LogP contribution in [-0.2, 0) is 11.3 Å². The van der Waals surface area contributed by atoms with E-state index >= 15 is 0 Å². The number of amides is 1. The lowest BCUT2D eigenvalue weighted by molar-refractivity contribution is -0.384. The fourth-order valence-corrected chi connectivity index (χ4v) is 3.46. The minimum absolute atomic E-state index is 0.0126. The molecule has 1 aromatic carbocycles. The molecule has 2 aromatic heterocycles. The molecular formula is C18H16ClN5O4S. The van der Waals surface area contributed by atoms with Crippen molar-refractivity contribution in [3.8, 4) is 11.4 Å². The van der Waals surface area contributed by atoms with Crippen LogP contribution in [0.1, 0.15) is 5.76 Å². The lowest BCUT2D eigenvalue weighted by Gasteiger charge is -2.08. The van der Waals surface area contributed by atoms with Crippen LogP contribution >= 0.6 is 23.4 Å². The number of rotatable bonds is 8. The molecule has 3 aromatic rings. The van der Waals surface area contributed by atoms with Crippen molar-refractivity contribution in [1.82, 2.24) is 14.8 Å². The van der Waals surface area contributed by atoms with Gasteiger partial charge in [0.1, 0.15) is 5.76 Å². The normalized spacial score (nSPS) is 10.7. The van der Waals surface area contributed by atoms with E-state index in [2.05, 4.69) is 22.1 Å². The largest absolute Gasteiger partial charge is 0.469 e. The van der Waals surface area contributed by atoms with Crippen molar-refractivity contribution in [3.05, 3.63) is 64.1 Å². The summed E-state index contributed by atoms with van der Waals surface area (Å²) in [5.41, 5.74) is 0.816. The van der Waals surface area contributed by atoms with Gasteiger partial charge in [-0.15, -0.1) is 16.8 Å². The number of non-ortho nitro benzene ring substituents is 1. The van der Waals surface area contributed by atoms with Crippen molar-refractivity contribution in [2.24, 2.45) is 0 Å². The maximum absolute atomic E-state index is 12.3. The number of hydrogen-bond acceptors (Lipinski definition) is 7. The number of nitro groups is 1. The SMILES string of the molecule is C=CCn1c(SCC(=O)Nc2cc([N+](=O)[O-])ccc2Cl)nnc1-c1ccoc1C. The number of carbonyl (C=O) groups excluding carboxylic acids is 1. The molecule has 0 fully saturated rings. The van der Waals surface area contributed by atoms with Crippen molar-refractivity contribution < 1.29 is 14.1 Å². The highest BCUT2D eigenvalue weighted by atomic mass is 35.5. The third-order valence-corrected chi connectivity index (χ3v) is 5.19. The number of hydrogen-bond donors (Lipinski definition) is 1. The van der Waals surface area contributed by atoms with E-state index in [9.17, 15) is 14.9 Å². The highest BCUT2D eigenvalue weighted by Gasteiger charge is 2.18. The van der Waals surface area contributed by atoms with Gasteiger partial charge in [-0.3, -0.25) is 19.5 Å². The van der Waals surface area contributed by atoms with Gasteiger partial charge in [-0.1, -0.05) is 29.4 Å². The quantitative estimate of drug-likeness (QED) is 0.243. The van der Waals surface area contributed by atoms with Gasteiger partial charge in [0.2, 0.25) is 5.91 Å². The summed E-state index contributed by atoms with van der Waals surface area (Å²) >= 11 is 7.19. The maximum Gasteiger partial charge on any atom is 0.271 e. The predicted molar refractivity (Wildman–Crippen MR) is 110 cm³/mol. The summed E-state index contributed by atoms with van der Waals surface area (Å²) in [5, 5.41) is 22.6. The molecule has 0 unspecified atom stereocenters. The minimum atomic E-state index is -0.558. The Labute approximate surface area is 174 Å². The maximum atomic E-state index is 12.3. The van der Waals surface area contributed by atoms with E-state index in [1.807, 2.05) is 11.5 Å². The fraction of sp³-hybridized carbons (Fsp3) is 0.167. The number of aryl methyl sites for hydroxylation is 1. The number of furan rings is 1. The highest BCUT2D eigenvalue weighted by molar-refractivity contribution is 7.99. The van der Waals surface area contributed by atoms with Crippen molar-refractivity contribution in [1.29, 1.82) is 0 Å². The van der Waals surface area contributed by atoms with Crippen LogP contribution < -0.4 is 5.32 Å². The average molecular weight is 434 g/mol. The number of benzene rings is 1. The molecular weight excluding hydrogens is 418 g/mol. The van der Waals surface area contributed by atoms with Crippen LogP contribution in [0, 0.1) is 17.0 Å². The summed E-state index contributed by atoms with van der Waals surface area (Å²) < 4.78 is 7.15. The van der Waals surface area contributed by atoms with Gasteiger partial charge in [0.25, 0.3) is 5.69 Å². The van der Waals surface area contributed by atoms with E-state index in [-0.39, 0.29) is 28.1 Å². The van der Waals surface area contributed by atoms with Crippen molar-refractivity contribution in [2.45, 2.75) is 18.6 Å². The molecule has 0 aliphatic carbocycles. The van der Waals surface area contributed by atoms with E-state index in [1.54, 1.807) is 18.4 Å². The molecule has 1 amide bonds. The monoisotopic (exact) mass is 433 g/mol. The summed E-state index contributed by atoms with van der Waals surface area (Å²) in [6, 6.07) is 5.64. The van der Waals surface area contributed by atoms with Crippen LogP contribution in [0.25, 0.3) is 11.4 Å². The van der Waals surface area contributed by atoms with Crippen molar-refractivity contribution in [2.75, 3.05) is 11.1 Å². The first kappa shape index (κ1) is 20.6. The summed E-state index contributed by atoms with van der Waals surface area (Å²) in [6.07, 6.45) is 3.27. The molecule has 0 aliphatic rings. The third-order valence-electron chi connectivity index (χ3n) is 3.90. The Bertz CT molecular complexity index is 1080. The fourth-order valence-electron chi connectivity index (χ4n) is 2.54. The Morgan fingerprint density at radius 1 is 1.45 bits per heavy atom. The zero-order valence-electron chi connectivity index (χ0n) is 15.3. The molecule has 0 atom stereocenters. The number of aromatic nitrogens is 3. The molecule has 0 spiro atoms. The van der Waals surface area contributed by atoms with Crippen molar-refractivity contribution in [3.63, 3.8) is 0 Å². The Balaban J connectivity index is 1.73. The highest BCUT2D eigenvalue weighted by Crippen LogP contribution is 2.29. The zero-order chi connectivity index (χ0) is 21.0. The smallest absolute Gasteiger partial charge is 0.271 e. The molecule has 29 heavy (non-hydrogen) atoms. The second kappa shape index (κ2) is 8.93. The van der Waals surface area contributed by atoms with Crippen molar-refractivity contribution >= 4 is 40.6 Å². The number of thioether (sulfide) groups is 1. The van der Waals surface area contributed by atoms with Crippen LogP contribution in [0.2, 0.25) is 5.02 Å². The molecule has 0 saturated heterocycles. The van der Waals surface area contributed by atoms with Crippen LogP contribution in [0.5, 0.6) is 0 Å². The summed E-state index contributed by atoms with van der Waals surface area (Å²) in [6.45, 7) is 6.02. The summed E-state index contributed by atoms with van der Waals surface area (Å²) in [5.74, 6) is 0.947. The second-order valence-electron chi connectivity index (χ2n) is 5.85. The van der Waals surface area contributed by atoms with Gasteiger partial charge < -0.3 is 9.73 Å². The van der Waals surface area contributed by atoms with Gasteiger partial charge >= 0.3 is 0 Å². The minimum Gasteiger partial charge on any atom is -0.469 e. The lowest BCUT2D eigenvalue weighted by atomic mass is 10.2. The van der Waals surface area contributed by atoms with Crippen LogP contribution in [0.15, 0.2) is 52.8 Å². The first-order chi connectivity index (χ1) is 13.9. The predicted octanol–water partition coefficient (Wildman–Crippen LogP) is 4.32. The number of nitrogens with zero attached hydrogens (tertiary/aromatic N) is 4. The van der Waals surface area contributed by atoms with E-state index in [0.29, 0.717) is 23.3 Å².